The number of hydrogen-bond donors (Lipinski definition) is 0. The van der Waals surface area contributed by atoms with Gasteiger partial charge in [0.25, 0.3) is 5.91 Å². The van der Waals surface area contributed by atoms with Crippen molar-refractivity contribution < 1.29 is 14.3 Å². The van der Waals surface area contributed by atoms with Crippen molar-refractivity contribution in [1.82, 2.24) is 5.32 Å². The zero-order valence-electron chi connectivity index (χ0n) is 6.61. The monoisotopic (exact) mass is 166 g/mol. The predicted molar refractivity (Wildman–Crippen MR) is 41.0 cm³/mol. The molecule has 1 radical (unpaired) electrons. The minimum atomic E-state index is -0.454. The molecule has 1 rings (SSSR count). The summed E-state index contributed by atoms with van der Waals surface area (Å²) in [5.74, 6) is -0.812. The van der Waals surface area contributed by atoms with Crippen LogP contribution < -0.4 is 5.32 Å². The molecule has 0 aromatic carbocycles. The average molecular weight is 166 g/mol. The Kier molecular flexibility index (Phi) is 2.63. The normalized spacial score (nSPS) is 15.1. The molecule has 0 unspecified atom stereocenters. The second-order valence-electron chi connectivity index (χ2n) is 2.11. The topological polar surface area (TPSA) is 57.5 Å². The molecule has 4 heteroatoms. The van der Waals surface area contributed by atoms with Crippen LogP contribution >= 0.6 is 0 Å². The van der Waals surface area contributed by atoms with E-state index in [2.05, 4.69) is 10.1 Å². The van der Waals surface area contributed by atoms with Crippen LogP contribution in [0.15, 0.2) is 23.9 Å². The number of nitrogens with zero attached hydrogens (tertiary/aromatic N) is 1. The maximum Gasteiger partial charge on any atom is 0.339 e. The van der Waals surface area contributed by atoms with E-state index >= 15 is 0 Å². The van der Waals surface area contributed by atoms with Gasteiger partial charge in [-0.25, -0.2) is 10.1 Å². The zero-order valence-corrected chi connectivity index (χ0v) is 6.61. The second kappa shape index (κ2) is 3.71. The van der Waals surface area contributed by atoms with Gasteiger partial charge in [-0.05, 0) is 13.0 Å². The van der Waals surface area contributed by atoms with Crippen LogP contribution in [-0.4, -0.2) is 18.5 Å². The highest BCUT2D eigenvalue weighted by Crippen LogP contribution is 2.03. The number of hydrogen-bond acceptors (Lipinski definition) is 3. The van der Waals surface area contributed by atoms with Crippen LogP contribution in [0.2, 0.25) is 0 Å². The van der Waals surface area contributed by atoms with E-state index < -0.39 is 5.97 Å². The highest BCUT2D eigenvalue weighted by molar-refractivity contribution is 5.98. The number of carbonyl (C=O) groups excluding carboxylic acids is 2. The van der Waals surface area contributed by atoms with E-state index in [4.69, 9.17) is 0 Å². The molecule has 0 fully saturated rings. The summed E-state index contributed by atoms with van der Waals surface area (Å²) in [6.45, 7) is 2.03. The molecule has 1 aliphatic rings. The summed E-state index contributed by atoms with van der Waals surface area (Å²) in [7, 11) is 0. The summed E-state index contributed by atoms with van der Waals surface area (Å²) in [5.41, 5.74) is 0.302. The lowest BCUT2D eigenvalue weighted by Gasteiger charge is -2.04. The third kappa shape index (κ3) is 1.95. The van der Waals surface area contributed by atoms with Gasteiger partial charge in [-0.1, -0.05) is 0 Å². The van der Waals surface area contributed by atoms with Crippen molar-refractivity contribution in [3.05, 3.63) is 23.9 Å². The van der Waals surface area contributed by atoms with Gasteiger partial charge < -0.3 is 4.74 Å². The highest BCUT2D eigenvalue weighted by Gasteiger charge is 2.12. The molecule has 63 valence electrons. The van der Waals surface area contributed by atoms with E-state index in [1.54, 1.807) is 6.92 Å². The van der Waals surface area contributed by atoms with Crippen molar-refractivity contribution in [3.63, 3.8) is 0 Å². The quantitative estimate of drug-likeness (QED) is 0.548. The van der Waals surface area contributed by atoms with Crippen LogP contribution in [0.5, 0.6) is 0 Å². The largest absolute Gasteiger partial charge is 0.462 e. The molecule has 1 aliphatic heterocycles. The molecule has 0 atom stereocenters. The van der Waals surface area contributed by atoms with Crippen LogP contribution in [-0.2, 0) is 14.3 Å². The van der Waals surface area contributed by atoms with Gasteiger partial charge >= 0.3 is 5.97 Å². The molecule has 0 aromatic heterocycles. The minimum absolute atomic E-state index is 0.302. The number of amides is 1. The Morgan fingerprint density at radius 3 is 2.83 bits per heavy atom. The molecule has 0 spiro atoms. The van der Waals surface area contributed by atoms with Gasteiger partial charge in [0.2, 0.25) is 0 Å². The van der Waals surface area contributed by atoms with Crippen molar-refractivity contribution in [2.24, 2.45) is 0 Å². The summed E-state index contributed by atoms with van der Waals surface area (Å²) in [5, 5.41) is 3.43. The Morgan fingerprint density at radius 2 is 2.33 bits per heavy atom. The van der Waals surface area contributed by atoms with E-state index in [1.807, 2.05) is 0 Å². The number of carbonyl (C=O) groups is 2. The van der Waals surface area contributed by atoms with Crippen LogP contribution in [0, 0.1) is 0 Å². The average Bonchev–Trinajstić information content (AvgIpc) is 2.06. The molecular weight excluding hydrogens is 158 g/mol. The third-order valence-electron chi connectivity index (χ3n) is 1.25. The first-order valence-electron chi connectivity index (χ1n) is 3.54. The fraction of sp³-hybridized carbons (Fsp3) is 0.250. The molecule has 0 saturated carbocycles. The van der Waals surface area contributed by atoms with Gasteiger partial charge in [0.15, 0.2) is 0 Å². The summed E-state index contributed by atoms with van der Waals surface area (Å²) < 4.78 is 4.69. The summed E-state index contributed by atoms with van der Waals surface area (Å²) in [6.07, 6.45) is 3.83. The van der Waals surface area contributed by atoms with Crippen LogP contribution in [0.1, 0.15) is 6.92 Å². The minimum Gasteiger partial charge on any atom is -0.462 e. The van der Waals surface area contributed by atoms with Crippen molar-refractivity contribution in [3.8, 4) is 0 Å². The molecule has 4 nitrogen and oxygen atoms in total. The van der Waals surface area contributed by atoms with E-state index in [9.17, 15) is 9.59 Å². The molecule has 12 heavy (non-hydrogen) atoms. The van der Waals surface area contributed by atoms with Crippen LogP contribution in [0.25, 0.3) is 0 Å². The Labute approximate surface area is 69.9 Å². The van der Waals surface area contributed by atoms with Crippen molar-refractivity contribution >= 4 is 11.9 Å². The number of esters is 1. The fourth-order valence-electron chi connectivity index (χ4n) is 0.715. The van der Waals surface area contributed by atoms with E-state index in [0.717, 1.165) is 0 Å². The lowest BCUT2D eigenvalue weighted by Crippen LogP contribution is -2.15. The maximum atomic E-state index is 11.0. The van der Waals surface area contributed by atoms with Crippen LogP contribution in [0.3, 0.4) is 0 Å². The lowest BCUT2D eigenvalue weighted by atomic mass is 10.2. The number of ether oxygens (including phenoxy) is 1. The first-order valence-corrected chi connectivity index (χ1v) is 3.54. The molecule has 0 N–H and O–H groups in total. The lowest BCUT2D eigenvalue weighted by molar-refractivity contribution is -0.138. The standard InChI is InChI=1S/C8H8NO3/c1-2-12-8(11)6-3-4-7(10)9-5-6/h3-5H,2H2,1H3. The third-order valence-corrected chi connectivity index (χ3v) is 1.25. The molecular formula is C8H8NO3. The summed E-state index contributed by atoms with van der Waals surface area (Å²) in [6, 6.07) is 0. The molecule has 0 aromatic rings. The summed E-state index contributed by atoms with van der Waals surface area (Å²) in [4.78, 5) is 21.5. The Bertz CT molecular complexity index is 265. The Balaban J connectivity index is 2.60. The maximum absolute atomic E-state index is 11.0. The first kappa shape index (κ1) is 8.52. The molecule has 0 saturated heterocycles. The smallest absolute Gasteiger partial charge is 0.339 e. The van der Waals surface area contributed by atoms with Gasteiger partial charge in [0.1, 0.15) is 0 Å². The fourth-order valence-corrected chi connectivity index (χ4v) is 0.715. The second-order valence-corrected chi connectivity index (χ2v) is 2.11. The van der Waals surface area contributed by atoms with E-state index in [0.29, 0.717) is 12.2 Å². The zero-order chi connectivity index (χ0) is 8.97. The first-order chi connectivity index (χ1) is 5.74. The van der Waals surface area contributed by atoms with Crippen molar-refractivity contribution in [2.45, 2.75) is 6.92 Å². The van der Waals surface area contributed by atoms with Crippen molar-refractivity contribution in [2.75, 3.05) is 6.61 Å². The molecule has 1 amide bonds. The molecule has 0 bridgehead atoms. The SMILES string of the molecule is CCOC(=O)C1=C[N]C(=O)C=C1. The van der Waals surface area contributed by atoms with Gasteiger partial charge in [0, 0.05) is 12.3 Å². The van der Waals surface area contributed by atoms with Crippen molar-refractivity contribution in [1.29, 1.82) is 0 Å². The van der Waals surface area contributed by atoms with E-state index in [-0.39, 0.29) is 5.91 Å². The molecule has 1 heterocycles. The van der Waals surface area contributed by atoms with Gasteiger partial charge in [-0.15, -0.1) is 0 Å². The molecule has 0 aliphatic carbocycles. The van der Waals surface area contributed by atoms with E-state index in [1.165, 1.54) is 18.4 Å². The highest BCUT2D eigenvalue weighted by atomic mass is 16.5. The van der Waals surface area contributed by atoms with Gasteiger partial charge in [0.05, 0.1) is 12.2 Å². The Morgan fingerprint density at radius 1 is 1.58 bits per heavy atom. The van der Waals surface area contributed by atoms with Gasteiger partial charge in [-0.2, -0.15) is 0 Å². The number of rotatable bonds is 2. The van der Waals surface area contributed by atoms with Crippen LogP contribution in [0.4, 0.5) is 0 Å². The predicted octanol–water partition coefficient (Wildman–Crippen LogP) is 0.134. The summed E-state index contributed by atoms with van der Waals surface area (Å²) >= 11 is 0. The Hall–Kier alpha value is -1.58. The van der Waals surface area contributed by atoms with Gasteiger partial charge in [-0.3, -0.25) is 4.79 Å².